The molecule has 0 amide bonds. The highest BCUT2D eigenvalue weighted by Gasteiger charge is 2.47. The highest BCUT2D eigenvalue weighted by atomic mass is 16.5. The topological polar surface area (TPSA) is 54.4 Å². The Balaban J connectivity index is 2.23. The number of ether oxygens (including phenoxy) is 1. The lowest BCUT2D eigenvalue weighted by Gasteiger charge is -2.13. The van der Waals surface area contributed by atoms with E-state index in [9.17, 15) is 4.79 Å². The summed E-state index contributed by atoms with van der Waals surface area (Å²) in [6.07, 6.45) is 5.32. The second kappa shape index (κ2) is 3.47. The first-order valence-electron chi connectivity index (χ1n) is 5.54. The molecule has 17 heavy (non-hydrogen) atoms. The van der Waals surface area contributed by atoms with Crippen molar-refractivity contribution in [2.45, 2.75) is 18.4 Å². The van der Waals surface area contributed by atoms with Crippen LogP contribution in [0.4, 0.5) is 0 Å². The maximum Gasteiger partial charge on any atom is 0.235 e. The standard InChI is InChI=1S/C13H12N2O2/c1-17-12-6-9-2-5-14-11(9)7-10(12)13(3-4-13)15-8-16/h2,5-7,14H,3-4H2,1H3. The van der Waals surface area contributed by atoms with E-state index in [1.54, 1.807) is 13.2 Å². The fourth-order valence-corrected chi connectivity index (χ4v) is 2.26. The summed E-state index contributed by atoms with van der Waals surface area (Å²) < 4.78 is 5.39. The summed E-state index contributed by atoms with van der Waals surface area (Å²) in [6.45, 7) is 0. The minimum Gasteiger partial charge on any atom is -0.496 e. The summed E-state index contributed by atoms with van der Waals surface area (Å²) in [5, 5.41) is 1.09. The molecule has 0 spiro atoms. The van der Waals surface area contributed by atoms with Gasteiger partial charge in [-0.1, -0.05) is 0 Å². The average molecular weight is 228 g/mol. The number of methoxy groups -OCH3 is 1. The third-order valence-electron chi connectivity index (χ3n) is 3.36. The Morgan fingerprint density at radius 3 is 2.94 bits per heavy atom. The number of isocyanates is 1. The van der Waals surface area contributed by atoms with E-state index in [0.29, 0.717) is 0 Å². The number of hydrogen-bond donors (Lipinski definition) is 1. The molecule has 1 N–H and O–H groups in total. The van der Waals surface area contributed by atoms with Gasteiger partial charge < -0.3 is 9.72 Å². The second-order valence-electron chi connectivity index (χ2n) is 4.35. The molecule has 3 rings (SSSR count). The van der Waals surface area contributed by atoms with Crippen molar-refractivity contribution in [3.63, 3.8) is 0 Å². The van der Waals surface area contributed by atoms with Crippen LogP contribution in [0, 0.1) is 0 Å². The van der Waals surface area contributed by atoms with Crippen molar-refractivity contribution in [1.82, 2.24) is 4.98 Å². The first kappa shape index (κ1) is 10.1. The molecule has 1 saturated carbocycles. The average Bonchev–Trinajstić information content (AvgIpc) is 2.98. The van der Waals surface area contributed by atoms with E-state index in [0.717, 1.165) is 35.1 Å². The van der Waals surface area contributed by atoms with Crippen LogP contribution < -0.4 is 4.74 Å². The van der Waals surface area contributed by atoms with Gasteiger partial charge in [0.1, 0.15) is 11.3 Å². The summed E-state index contributed by atoms with van der Waals surface area (Å²) in [5.74, 6) is 0.786. The van der Waals surface area contributed by atoms with Crippen LogP contribution in [0.2, 0.25) is 0 Å². The van der Waals surface area contributed by atoms with Crippen LogP contribution in [-0.2, 0) is 10.3 Å². The number of carbonyl (C=O) groups excluding carboxylic acids is 1. The molecule has 0 unspecified atom stereocenters. The Morgan fingerprint density at radius 1 is 1.47 bits per heavy atom. The number of aliphatic imine (C=N–C) groups is 1. The Kier molecular flexibility index (Phi) is 2.06. The summed E-state index contributed by atoms with van der Waals surface area (Å²) in [6, 6.07) is 5.98. The molecule has 86 valence electrons. The molecule has 4 heteroatoms. The molecule has 1 fully saturated rings. The molecular formula is C13H12N2O2. The monoisotopic (exact) mass is 228 g/mol. The van der Waals surface area contributed by atoms with E-state index in [4.69, 9.17) is 4.74 Å². The molecular weight excluding hydrogens is 216 g/mol. The van der Waals surface area contributed by atoms with Crippen molar-refractivity contribution in [3.05, 3.63) is 30.0 Å². The van der Waals surface area contributed by atoms with Crippen molar-refractivity contribution in [2.24, 2.45) is 4.99 Å². The van der Waals surface area contributed by atoms with E-state index in [2.05, 4.69) is 9.98 Å². The predicted molar refractivity (Wildman–Crippen MR) is 63.9 cm³/mol. The molecule has 1 aromatic carbocycles. The second-order valence-corrected chi connectivity index (χ2v) is 4.35. The van der Waals surface area contributed by atoms with Crippen LogP contribution in [0.25, 0.3) is 10.9 Å². The summed E-state index contributed by atoms with van der Waals surface area (Å²) in [5.41, 5.74) is 1.61. The minimum atomic E-state index is -0.396. The van der Waals surface area contributed by atoms with Gasteiger partial charge in [0, 0.05) is 22.7 Å². The highest BCUT2D eigenvalue weighted by molar-refractivity contribution is 5.82. The molecule has 4 nitrogen and oxygen atoms in total. The Hall–Kier alpha value is -2.06. The lowest BCUT2D eigenvalue weighted by molar-refractivity contribution is 0.405. The van der Waals surface area contributed by atoms with Gasteiger partial charge in [-0.25, -0.2) is 4.79 Å². The van der Waals surface area contributed by atoms with Crippen LogP contribution in [0.5, 0.6) is 5.75 Å². The van der Waals surface area contributed by atoms with Crippen LogP contribution in [0.15, 0.2) is 29.4 Å². The van der Waals surface area contributed by atoms with Gasteiger partial charge >= 0.3 is 0 Å². The molecule has 0 bridgehead atoms. The van der Waals surface area contributed by atoms with Gasteiger partial charge in [-0.2, -0.15) is 4.99 Å². The van der Waals surface area contributed by atoms with Crippen LogP contribution >= 0.6 is 0 Å². The number of aromatic nitrogens is 1. The fourth-order valence-electron chi connectivity index (χ4n) is 2.26. The molecule has 1 aromatic heterocycles. The Labute approximate surface area is 98.3 Å². The van der Waals surface area contributed by atoms with E-state index >= 15 is 0 Å². The van der Waals surface area contributed by atoms with Gasteiger partial charge in [-0.15, -0.1) is 0 Å². The van der Waals surface area contributed by atoms with Gasteiger partial charge in [-0.05, 0) is 31.0 Å². The SMILES string of the molecule is COc1cc2cc[nH]c2cc1C1(N=C=O)CC1. The molecule has 2 aromatic rings. The van der Waals surface area contributed by atoms with Crippen molar-refractivity contribution in [2.75, 3.05) is 7.11 Å². The van der Waals surface area contributed by atoms with Gasteiger partial charge in [-0.3, -0.25) is 0 Å². The van der Waals surface area contributed by atoms with E-state index < -0.39 is 5.54 Å². The quantitative estimate of drug-likeness (QED) is 0.648. The molecule has 0 aliphatic heterocycles. The molecule has 0 radical (unpaired) electrons. The maximum atomic E-state index is 10.5. The van der Waals surface area contributed by atoms with Crippen LogP contribution in [0.3, 0.4) is 0 Å². The number of hydrogen-bond acceptors (Lipinski definition) is 3. The number of rotatable bonds is 3. The molecule has 1 aliphatic rings. The fraction of sp³-hybridized carbons (Fsp3) is 0.308. The zero-order chi connectivity index (χ0) is 11.9. The van der Waals surface area contributed by atoms with Crippen LogP contribution in [0.1, 0.15) is 18.4 Å². The smallest absolute Gasteiger partial charge is 0.235 e. The normalized spacial score (nSPS) is 16.5. The molecule has 0 saturated heterocycles. The maximum absolute atomic E-state index is 10.5. The summed E-state index contributed by atoms with van der Waals surface area (Å²) in [7, 11) is 1.64. The zero-order valence-corrected chi connectivity index (χ0v) is 9.49. The zero-order valence-electron chi connectivity index (χ0n) is 9.49. The summed E-state index contributed by atoms with van der Waals surface area (Å²) in [4.78, 5) is 17.6. The van der Waals surface area contributed by atoms with Crippen LogP contribution in [-0.4, -0.2) is 18.2 Å². The molecule has 1 heterocycles. The first-order valence-corrected chi connectivity index (χ1v) is 5.54. The minimum absolute atomic E-state index is 0.396. The Bertz CT molecular complexity index is 619. The number of nitrogens with one attached hydrogen (secondary N) is 1. The van der Waals surface area contributed by atoms with Gasteiger partial charge in [0.2, 0.25) is 6.08 Å². The third-order valence-corrected chi connectivity index (χ3v) is 3.36. The molecule has 1 aliphatic carbocycles. The number of benzene rings is 1. The largest absolute Gasteiger partial charge is 0.496 e. The Morgan fingerprint density at radius 2 is 2.29 bits per heavy atom. The van der Waals surface area contributed by atoms with E-state index in [1.807, 2.05) is 24.4 Å². The lowest BCUT2D eigenvalue weighted by atomic mass is 10.0. The summed E-state index contributed by atoms with van der Waals surface area (Å²) >= 11 is 0. The number of aromatic amines is 1. The number of fused-ring (bicyclic) bond motifs is 1. The third kappa shape index (κ3) is 1.46. The van der Waals surface area contributed by atoms with Gasteiger partial charge in [0.25, 0.3) is 0 Å². The predicted octanol–water partition coefficient (Wildman–Crippen LogP) is 2.50. The van der Waals surface area contributed by atoms with Crippen molar-refractivity contribution >= 4 is 17.0 Å². The van der Waals surface area contributed by atoms with Crippen molar-refractivity contribution in [3.8, 4) is 5.75 Å². The van der Waals surface area contributed by atoms with E-state index in [-0.39, 0.29) is 0 Å². The number of H-pyrrole nitrogens is 1. The highest BCUT2D eigenvalue weighted by Crippen LogP contribution is 2.52. The van der Waals surface area contributed by atoms with Gasteiger partial charge in [0.15, 0.2) is 0 Å². The first-order chi connectivity index (χ1) is 8.29. The number of nitrogens with zero attached hydrogens (tertiary/aromatic N) is 1. The molecule has 0 atom stereocenters. The van der Waals surface area contributed by atoms with Gasteiger partial charge in [0.05, 0.1) is 7.11 Å². The van der Waals surface area contributed by atoms with Crippen molar-refractivity contribution < 1.29 is 9.53 Å². The van der Waals surface area contributed by atoms with Crippen molar-refractivity contribution in [1.29, 1.82) is 0 Å². The van der Waals surface area contributed by atoms with E-state index in [1.165, 1.54) is 0 Å². The lowest BCUT2D eigenvalue weighted by Crippen LogP contribution is -2.05.